The number of aryl methyl sites for hydroxylation is 1. The third kappa shape index (κ3) is 1.56. The van der Waals surface area contributed by atoms with Gasteiger partial charge in [-0.3, -0.25) is 0 Å². The van der Waals surface area contributed by atoms with E-state index in [4.69, 9.17) is 0 Å². The van der Waals surface area contributed by atoms with Gasteiger partial charge in [0.15, 0.2) is 0 Å². The van der Waals surface area contributed by atoms with Crippen molar-refractivity contribution in [3.05, 3.63) is 34.7 Å². The van der Waals surface area contributed by atoms with Crippen LogP contribution >= 0.6 is 11.3 Å². The fraction of sp³-hybridized carbons (Fsp3) is 0.333. The zero-order valence-corrected chi connectivity index (χ0v) is 9.61. The number of thiophene rings is 1. The smallest absolute Gasteiger partial charge is 0.0384 e. The molecular weight excluding hydrogens is 190 g/mol. The van der Waals surface area contributed by atoms with Gasteiger partial charge in [-0.2, -0.15) is 0 Å². The first-order chi connectivity index (χ1) is 6.72. The molecule has 0 aliphatic rings. The number of nitrogens with one attached hydrogen (secondary N) is 1. The molecule has 0 aliphatic heterocycles. The van der Waals surface area contributed by atoms with E-state index in [-0.39, 0.29) is 0 Å². The number of hydrogen-bond donors (Lipinski definition) is 1. The summed E-state index contributed by atoms with van der Waals surface area (Å²) in [5.41, 5.74) is 1.38. The van der Waals surface area contributed by atoms with Crippen molar-refractivity contribution in [2.45, 2.75) is 19.9 Å². The van der Waals surface area contributed by atoms with Crippen LogP contribution in [-0.4, -0.2) is 7.05 Å². The van der Waals surface area contributed by atoms with Crippen LogP contribution in [0, 0.1) is 6.92 Å². The van der Waals surface area contributed by atoms with Crippen LogP contribution in [0.15, 0.2) is 24.3 Å². The predicted molar refractivity (Wildman–Crippen MR) is 64.0 cm³/mol. The van der Waals surface area contributed by atoms with Crippen LogP contribution in [0.3, 0.4) is 0 Å². The summed E-state index contributed by atoms with van der Waals surface area (Å²) in [4.78, 5) is 1.41. The summed E-state index contributed by atoms with van der Waals surface area (Å²) in [7, 11) is 2.00. The van der Waals surface area contributed by atoms with Crippen LogP contribution in [0.4, 0.5) is 0 Å². The lowest BCUT2D eigenvalue weighted by molar-refractivity contribution is 0.664. The zero-order chi connectivity index (χ0) is 10.1. The van der Waals surface area contributed by atoms with E-state index in [1.165, 1.54) is 20.5 Å². The minimum absolute atomic E-state index is 0.451. The lowest BCUT2D eigenvalue weighted by Crippen LogP contribution is -2.10. The van der Waals surface area contributed by atoms with Crippen molar-refractivity contribution in [1.29, 1.82) is 0 Å². The van der Waals surface area contributed by atoms with E-state index in [1.54, 1.807) is 0 Å². The van der Waals surface area contributed by atoms with Gasteiger partial charge in [-0.25, -0.2) is 0 Å². The fourth-order valence-corrected chi connectivity index (χ4v) is 2.77. The molecule has 0 saturated carbocycles. The molecule has 1 aromatic carbocycles. The molecule has 2 aromatic rings. The SMILES string of the molecule is CNC(C)c1cc2cccc(C)c2s1. The monoisotopic (exact) mass is 205 g/mol. The highest BCUT2D eigenvalue weighted by Gasteiger charge is 2.08. The first kappa shape index (κ1) is 9.69. The van der Waals surface area contributed by atoms with Gasteiger partial charge in [0, 0.05) is 15.6 Å². The van der Waals surface area contributed by atoms with E-state index >= 15 is 0 Å². The summed E-state index contributed by atoms with van der Waals surface area (Å²) in [6.07, 6.45) is 0. The Bertz CT molecular complexity index is 445. The summed E-state index contributed by atoms with van der Waals surface area (Å²) in [5.74, 6) is 0. The van der Waals surface area contributed by atoms with E-state index < -0.39 is 0 Å². The van der Waals surface area contributed by atoms with Crippen molar-refractivity contribution in [2.24, 2.45) is 0 Å². The maximum absolute atomic E-state index is 3.27. The van der Waals surface area contributed by atoms with Crippen molar-refractivity contribution in [3.63, 3.8) is 0 Å². The fourth-order valence-electron chi connectivity index (χ4n) is 1.58. The molecule has 0 amide bonds. The summed E-state index contributed by atoms with van der Waals surface area (Å²) < 4.78 is 1.42. The lowest BCUT2D eigenvalue weighted by atomic mass is 10.1. The van der Waals surface area contributed by atoms with Crippen molar-refractivity contribution < 1.29 is 0 Å². The molecule has 0 aliphatic carbocycles. The molecule has 1 heterocycles. The molecule has 1 nitrogen and oxygen atoms in total. The Morgan fingerprint density at radius 2 is 2.14 bits per heavy atom. The minimum atomic E-state index is 0.451. The van der Waals surface area contributed by atoms with Gasteiger partial charge in [0.25, 0.3) is 0 Å². The molecule has 0 bridgehead atoms. The summed E-state index contributed by atoms with van der Waals surface area (Å²) in [6, 6.07) is 9.22. The van der Waals surface area contributed by atoms with Crippen LogP contribution < -0.4 is 5.32 Å². The van der Waals surface area contributed by atoms with Gasteiger partial charge in [-0.05, 0) is 37.9 Å². The Balaban J connectivity index is 2.56. The Labute approximate surface area is 88.8 Å². The van der Waals surface area contributed by atoms with Crippen LogP contribution in [0.2, 0.25) is 0 Å². The van der Waals surface area contributed by atoms with Gasteiger partial charge >= 0.3 is 0 Å². The first-order valence-electron chi connectivity index (χ1n) is 4.88. The van der Waals surface area contributed by atoms with Crippen LogP contribution in [0.25, 0.3) is 10.1 Å². The average molecular weight is 205 g/mol. The molecule has 0 fully saturated rings. The largest absolute Gasteiger partial charge is 0.313 e. The van der Waals surface area contributed by atoms with Crippen LogP contribution in [0.5, 0.6) is 0 Å². The number of fused-ring (bicyclic) bond motifs is 1. The Morgan fingerprint density at radius 1 is 1.36 bits per heavy atom. The van der Waals surface area contributed by atoms with Gasteiger partial charge < -0.3 is 5.32 Å². The molecule has 0 spiro atoms. The molecule has 74 valence electrons. The molecule has 1 N–H and O–H groups in total. The molecule has 14 heavy (non-hydrogen) atoms. The molecule has 0 radical (unpaired) electrons. The second kappa shape index (κ2) is 3.71. The Kier molecular flexibility index (Phi) is 2.57. The normalized spacial score (nSPS) is 13.4. The quantitative estimate of drug-likeness (QED) is 0.791. The van der Waals surface area contributed by atoms with E-state index in [1.807, 2.05) is 18.4 Å². The maximum atomic E-state index is 3.27. The summed E-state index contributed by atoms with van der Waals surface area (Å²) >= 11 is 1.89. The second-order valence-corrected chi connectivity index (χ2v) is 4.74. The molecule has 2 heteroatoms. The molecule has 2 rings (SSSR count). The number of rotatable bonds is 2. The average Bonchev–Trinajstić information content (AvgIpc) is 2.62. The molecule has 0 saturated heterocycles. The van der Waals surface area contributed by atoms with E-state index in [9.17, 15) is 0 Å². The standard InChI is InChI=1S/C12H15NS/c1-8-5-4-6-10-7-11(9(2)13-3)14-12(8)10/h4-7,9,13H,1-3H3. The van der Waals surface area contributed by atoms with Gasteiger partial charge in [0.05, 0.1) is 0 Å². The third-order valence-electron chi connectivity index (χ3n) is 2.62. The van der Waals surface area contributed by atoms with Gasteiger partial charge in [0.1, 0.15) is 0 Å². The highest BCUT2D eigenvalue weighted by Crippen LogP contribution is 2.31. The highest BCUT2D eigenvalue weighted by molar-refractivity contribution is 7.19. The van der Waals surface area contributed by atoms with Gasteiger partial charge in [-0.1, -0.05) is 18.2 Å². The van der Waals surface area contributed by atoms with E-state index in [0.29, 0.717) is 6.04 Å². The molecule has 1 atom stereocenters. The molecule has 1 aromatic heterocycles. The Hall–Kier alpha value is -0.860. The van der Waals surface area contributed by atoms with Crippen molar-refractivity contribution in [1.82, 2.24) is 5.32 Å². The van der Waals surface area contributed by atoms with Gasteiger partial charge in [-0.15, -0.1) is 11.3 Å². The minimum Gasteiger partial charge on any atom is -0.313 e. The predicted octanol–water partition coefficient (Wildman–Crippen LogP) is 3.49. The summed E-state index contributed by atoms with van der Waals surface area (Å²) in [6.45, 7) is 4.37. The van der Waals surface area contributed by atoms with Crippen molar-refractivity contribution in [3.8, 4) is 0 Å². The van der Waals surface area contributed by atoms with Crippen LogP contribution in [0.1, 0.15) is 23.4 Å². The van der Waals surface area contributed by atoms with E-state index in [0.717, 1.165) is 0 Å². The van der Waals surface area contributed by atoms with Gasteiger partial charge in [0.2, 0.25) is 0 Å². The molecule has 1 unspecified atom stereocenters. The van der Waals surface area contributed by atoms with E-state index in [2.05, 4.69) is 43.4 Å². The maximum Gasteiger partial charge on any atom is 0.0384 e. The first-order valence-corrected chi connectivity index (χ1v) is 5.70. The number of benzene rings is 1. The molecular formula is C12H15NS. The second-order valence-electron chi connectivity index (χ2n) is 3.65. The third-order valence-corrected chi connectivity index (χ3v) is 4.09. The number of hydrogen-bond acceptors (Lipinski definition) is 2. The van der Waals surface area contributed by atoms with Crippen molar-refractivity contribution >= 4 is 21.4 Å². The summed E-state index contributed by atoms with van der Waals surface area (Å²) in [5, 5.41) is 4.64. The van der Waals surface area contributed by atoms with Crippen LogP contribution in [-0.2, 0) is 0 Å². The van der Waals surface area contributed by atoms with Crippen molar-refractivity contribution in [2.75, 3.05) is 7.05 Å². The topological polar surface area (TPSA) is 12.0 Å². The Morgan fingerprint density at radius 3 is 2.79 bits per heavy atom. The zero-order valence-electron chi connectivity index (χ0n) is 8.79. The highest BCUT2D eigenvalue weighted by atomic mass is 32.1. The lowest BCUT2D eigenvalue weighted by Gasteiger charge is -2.05.